The Balaban J connectivity index is 1.91. The molecule has 4 nitrogen and oxygen atoms in total. The van der Waals surface area contributed by atoms with E-state index in [2.05, 4.69) is 31.3 Å². The van der Waals surface area contributed by atoms with Gasteiger partial charge in [0.1, 0.15) is 0 Å². The van der Waals surface area contributed by atoms with Crippen LogP contribution in [-0.4, -0.2) is 30.6 Å². The summed E-state index contributed by atoms with van der Waals surface area (Å²) in [6, 6.07) is 8.16. The third-order valence-corrected chi connectivity index (χ3v) is 4.17. The minimum Gasteiger partial charge on any atom is -0.377 e. The van der Waals surface area contributed by atoms with E-state index in [4.69, 9.17) is 4.74 Å². The molecular formula is C18H28N2O2. The van der Waals surface area contributed by atoms with E-state index >= 15 is 0 Å². The van der Waals surface area contributed by atoms with Crippen LogP contribution < -0.4 is 5.32 Å². The molecule has 1 aromatic carbocycles. The molecule has 2 rings (SSSR count). The number of benzene rings is 1. The minimum absolute atomic E-state index is 0.0459. The predicted octanol–water partition coefficient (Wildman–Crippen LogP) is 3.41. The zero-order chi connectivity index (χ0) is 15.9. The molecule has 22 heavy (non-hydrogen) atoms. The van der Waals surface area contributed by atoms with E-state index in [0.717, 1.165) is 24.2 Å². The Bertz CT molecular complexity index is 480. The molecule has 2 atom stereocenters. The molecule has 0 aliphatic carbocycles. The lowest BCUT2D eigenvalue weighted by molar-refractivity contribution is 0.133. The van der Waals surface area contributed by atoms with Crippen molar-refractivity contribution in [2.75, 3.05) is 19.7 Å². The van der Waals surface area contributed by atoms with Gasteiger partial charge < -0.3 is 15.0 Å². The van der Waals surface area contributed by atoms with Crippen molar-refractivity contribution in [2.45, 2.75) is 40.3 Å². The number of hydrogen-bond acceptors (Lipinski definition) is 2. The van der Waals surface area contributed by atoms with Crippen molar-refractivity contribution in [3.63, 3.8) is 0 Å². The SMILES string of the molecule is CCOCc1ccccc1CNC(=O)N1CC(C)CC(C)C1. The highest BCUT2D eigenvalue weighted by Crippen LogP contribution is 2.21. The lowest BCUT2D eigenvalue weighted by atomic mass is 9.92. The minimum atomic E-state index is 0.0459. The Morgan fingerprint density at radius 3 is 2.50 bits per heavy atom. The second kappa shape index (κ2) is 8.18. The Morgan fingerprint density at radius 2 is 1.86 bits per heavy atom. The number of ether oxygens (including phenoxy) is 1. The molecule has 1 saturated heterocycles. The molecule has 0 bridgehead atoms. The second-order valence-electron chi connectivity index (χ2n) is 6.42. The van der Waals surface area contributed by atoms with Gasteiger partial charge in [0.2, 0.25) is 0 Å². The van der Waals surface area contributed by atoms with Crippen molar-refractivity contribution < 1.29 is 9.53 Å². The molecule has 2 amide bonds. The van der Waals surface area contributed by atoms with Crippen LogP contribution in [0.1, 0.15) is 38.3 Å². The van der Waals surface area contributed by atoms with Crippen LogP contribution in [0.15, 0.2) is 24.3 Å². The van der Waals surface area contributed by atoms with Crippen LogP contribution in [0.25, 0.3) is 0 Å². The van der Waals surface area contributed by atoms with Crippen molar-refractivity contribution in [1.29, 1.82) is 0 Å². The quantitative estimate of drug-likeness (QED) is 0.905. The Morgan fingerprint density at radius 1 is 1.23 bits per heavy atom. The maximum Gasteiger partial charge on any atom is 0.317 e. The first-order valence-corrected chi connectivity index (χ1v) is 8.27. The van der Waals surface area contributed by atoms with Gasteiger partial charge in [0.15, 0.2) is 0 Å². The van der Waals surface area contributed by atoms with Crippen molar-refractivity contribution in [3.05, 3.63) is 35.4 Å². The van der Waals surface area contributed by atoms with Crippen molar-refractivity contribution in [3.8, 4) is 0 Å². The highest BCUT2D eigenvalue weighted by Gasteiger charge is 2.25. The van der Waals surface area contributed by atoms with E-state index in [0.29, 0.717) is 31.6 Å². The third-order valence-electron chi connectivity index (χ3n) is 4.17. The second-order valence-corrected chi connectivity index (χ2v) is 6.42. The van der Waals surface area contributed by atoms with E-state index in [9.17, 15) is 4.79 Å². The van der Waals surface area contributed by atoms with E-state index < -0.39 is 0 Å². The standard InChI is InChI=1S/C18H28N2O2/c1-4-22-13-17-8-6-5-7-16(17)10-19-18(21)20-11-14(2)9-15(3)12-20/h5-8,14-15H,4,9-13H2,1-3H3,(H,19,21). The Hall–Kier alpha value is -1.55. The third kappa shape index (κ3) is 4.73. The van der Waals surface area contributed by atoms with Crippen LogP contribution in [0, 0.1) is 11.8 Å². The fourth-order valence-electron chi connectivity index (χ4n) is 3.19. The summed E-state index contributed by atoms with van der Waals surface area (Å²) in [5.74, 6) is 1.17. The predicted molar refractivity (Wildman–Crippen MR) is 88.5 cm³/mol. The van der Waals surface area contributed by atoms with Gasteiger partial charge in [-0.3, -0.25) is 0 Å². The molecule has 0 radical (unpaired) electrons. The molecule has 1 aliphatic heterocycles. The molecule has 1 aliphatic rings. The van der Waals surface area contributed by atoms with Crippen LogP contribution in [0.5, 0.6) is 0 Å². The number of piperidine rings is 1. The highest BCUT2D eigenvalue weighted by atomic mass is 16.5. The van der Waals surface area contributed by atoms with Crippen LogP contribution in [0.4, 0.5) is 4.79 Å². The first-order valence-electron chi connectivity index (χ1n) is 8.27. The first kappa shape index (κ1) is 16.8. The molecule has 0 aromatic heterocycles. The smallest absolute Gasteiger partial charge is 0.317 e. The van der Waals surface area contributed by atoms with E-state index in [1.165, 1.54) is 6.42 Å². The summed E-state index contributed by atoms with van der Waals surface area (Å²) >= 11 is 0. The lowest BCUT2D eigenvalue weighted by Crippen LogP contribution is -2.47. The molecule has 1 heterocycles. The maximum atomic E-state index is 12.4. The highest BCUT2D eigenvalue weighted by molar-refractivity contribution is 5.74. The molecule has 122 valence electrons. The average molecular weight is 304 g/mol. The number of nitrogens with one attached hydrogen (secondary N) is 1. The molecule has 1 aromatic rings. The summed E-state index contributed by atoms with van der Waals surface area (Å²) < 4.78 is 5.49. The summed E-state index contributed by atoms with van der Waals surface area (Å²) in [7, 11) is 0. The van der Waals surface area contributed by atoms with Crippen molar-refractivity contribution in [1.82, 2.24) is 10.2 Å². The summed E-state index contributed by atoms with van der Waals surface area (Å²) in [4.78, 5) is 14.3. The Kier molecular flexibility index (Phi) is 6.25. The number of likely N-dealkylation sites (tertiary alicyclic amines) is 1. The van der Waals surface area contributed by atoms with E-state index in [1.807, 2.05) is 24.0 Å². The lowest BCUT2D eigenvalue weighted by Gasteiger charge is -2.35. The first-order chi connectivity index (χ1) is 10.6. The number of amides is 2. The largest absolute Gasteiger partial charge is 0.377 e. The molecule has 1 fully saturated rings. The monoisotopic (exact) mass is 304 g/mol. The number of rotatable bonds is 5. The van der Waals surface area contributed by atoms with E-state index in [1.54, 1.807) is 0 Å². The average Bonchev–Trinajstić information content (AvgIpc) is 2.50. The molecule has 0 saturated carbocycles. The fourth-order valence-corrected chi connectivity index (χ4v) is 3.19. The van der Waals surface area contributed by atoms with Gasteiger partial charge in [-0.1, -0.05) is 38.1 Å². The summed E-state index contributed by atoms with van der Waals surface area (Å²) in [5.41, 5.74) is 2.27. The van der Waals surface area contributed by atoms with Gasteiger partial charge in [-0.05, 0) is 36.3 Å². The van der Waals surface area contributed by atoms with Gasteiger partial charge in [0.05, 0.1) is 6.61 Å². The zero-order valence-corrected chi connectivity index (χ0v) is 14.0. The molecule has 1 N–H and O–H groups in total. The van der Waals surface area contributed by atoms with Gasteiger partial charge in [0, 0.05) is 26.2 Å². The van der Waals surface area contributed by atoms with Crippen LogP contribution in [0.2, 0.25) is 0 Å². The number of carbonyl (C=O) groups excluding carboxylic acids is 1. The van der Waals surface area contributed by atoms with Crippen LogP contribution in [-0.2, 0) is 17.9 Å². The Labute approximate surface area is 133 Å². The van der Waals surface area contributed by atoms with Crippen LogP contribution in [0.3, 0.4) is 0 Å². The maximum absolute atomic E-state index is 12.4. The topological polar surface area (TPSA) is 41.6 Å². The molecular weight excluding hydrogens is 276 g/mol. The normalized spacial score (nSPS) is 21.7. The van der Waals surface area contributed by atoms with Gasteiger partial charge in [-0.15, -0.1) is 0 Å². The molecule has 4 heteroatoms. The number of hydrogen-bond donors (Lipinski definition) is 1. The van der Waals surface area contributed by atoms with Gasteiger partial charge in [-0.25, -0.2) is 4.79 Å². The van der Waals surface area contributed by atoms with Crippen LogP contribution >= 0.6 is 0 Å². The summed E-state index contributed by atoms with van der Waals surface area (Å²) in [6.45, 7) is 9.99. The fraction of sp³-hybridized carbons (Fsp3) is 0.611. The molecule has 2 unspecified atom stereocenters. The van der Waals surface area contributed by atoms with Crippen molar-refractivity contribution >= 4 is 6.03 Å². The summed E-state index contributed by atoms with van der Waals surface area (Å²) in [6.07, 6.45) is 1.21. The van der Waals surface area contributed by atoms with E-state index in [-0.39, 0.29) is 6.03 Å². The summed E-state index contributed by atoms with van der Waals surface area (Å²) in [5, 5.41) is 3.06. The number of urea groups is 1. The molecule has 0 spiro atoms. The van der Waals surface area contributed by atoms with Gasteiger partial charge >= 0.3 is 6.03 Å². The number of nitrogens with zero attached hydrogens (tertiary/aromatic N) is 1. The van der Waals surface area contributed by atoms with Gasteiger partial charge in [-0.2, -0.15) is 0 Å². The van der Waals surface area contributed by atoms with Crippen molar-refractivity contribution in [2.24, 2.45) is 11.8 Å². The zero-order valence-electron chi connectivity index (χ0n) is 14.0. The number of carbonyl (C=O) groups is 1. The van der Waals surface area contributed by atoms with Gasteiger partial charge in [0.25, 0.3) is 0 Å².